The number of nitrogens with two attached hydrogens (primary N) is 2. The van der Waals surface area contributed by atoms with Gasteiger partial charge in [-0.25, -0.2) is 4.98 Å². The van der Waals surface area contributed by atoms with Gasteiger partial charge in [0.05, 0.1) is 5.69 Å². The summed E-state index contributed by atoms with van der Waals surface area (Å²) in [6.45, 7) is 0.903. The second kappa shape index (κ2) is 5.72. The van der Waals surface area contributed by atoms with Gasteiger partial charge < -0.3 is 16.0 Å². The number of fused-ring (bicyclic) bond motifs is 1. The van der Waals surface area contributed by atoms with Gasteiger partial charge in [-0.05, 0) is 36.7 Å². The highest BCUT2D eigenvalue weighted by molar-refractivity contribution is 7.99. The third-order valence-corrected chi connectivity index (χ3v) is 4.41. The molecule has 0 aliphatic carbocycles. The van der Waals surface area contributed by atoms with E-state index in [2.05, 4.69) is 19.7 Å². The van der Waals surface area contributed by atoms with Gasteiger partial charge in [-0.1, -0.05) is 6.42 Å². The smallest absolute Gasteiger partial charge is 0.267 e. The van der Waals surface area contributed by atoms with Gasteiger partial charge in [0.1, 0.15) is 16.5 Å². The molecule has 8 heteroatoms. The number of aryl methyl sites for hydroxylation is 1. The van der Waals surface area contributed by atoms with Crippen molar-refractivity contribution in [3.8, 4) is 0 Å². The van der Waals surface area contributed by atoms with E-state index in [1.54, 1.807) is 6.07 Å². The van der Waals surface area contributed by atoms with Gasteiger partial charge in [0, 0.05) is 13.0 Å². The Bertz CT molecular complexity index is 683. The number of hydrogen-bond acceptors (Lipinski definition) is 6. The van der Waals surface area contributed by atoms with Gasteiger partial charge in [0.25, 0.3) is 5.91 Å². The highest BCUT2D eigenvalue weighted by atomic mass is 32.2. The molecule has 3 rings (SSSR count). The molecular weight excluding hydrogens is 288 g/mol. The van der Waals surface area contributed by atoms with Gasteiger partial charge in [0.2, 0.25) is 0 Å². The van der Waals surface area contributed by atoms with Crippen molar-refractivity contribution >= 4 is 23.4 Å². The maximum absolute atomic E-state index is 11.2. The van der Waals surface area contributed by atoms with E-state index in [0.29, 0.717) is 10.7 Å². The quantitative estimate of drug-likeness (QED) is 0.882. The Morgan fingerprint density at radius 3 is 2.90 bits per heavy atom. The Labute approximate surface area is 126 Å². The zero-order valence-electron chi connectivity index (χ0n) is 11.5. The van der Waals surface area contributed by atoms with Gasteiger partial charge in [-0.15, -0.1) is 10.2 Å². The number of rotatable bonds is 3. The first-order chi connectivity index (χ1) is 10.1. The predicted molar refractivity (Wildman–Crippen MR) is 78.9 cm³/mol. The van der Waals surface area contributed by atoms with Crippen molar-refractivity contribution in [1.82, 2.24) is 19.7 Å². The van der Waals surface area contributed by atoms with Crippen LogP contribution in [0.1, 0.15) is 35.6 Å². The molecule has 0 bridgehead atoms. The van der Waals surface area contributed by atoms with Crippen LogP contribution in [0.15, 0.2) is 22.3 Å². The van der Waals surface area contributed by atoms with E-state index in [1.165, 1.54) is 24.2 Å². The lowest BCUT2D eigenvalue weighted by molar-refractivity contribution is 0.0995. The fourth-order valence-electron chi connectivity index (χ4n) is 2.29. The van der Waals surface area contributed by atoms with E-state index >= 15 is 0 Å². The molecule has 2 aromatic rings. The molecule has 2 aromatic heterocycles. The Balaban J connectivity index is 1.92. The Morgan fingerprint density at radius 2 is 2.10 bits per heavy atom. The second-order valence-electron chi connectivity index (χ2n) is 4.92. The number of hydrogen-bond donors (Lipinski definition) is 2. The van der Waals surface area contributed by atoms with E-state index in [4.69, 9.17) is 11.5 Å². The van der Waals surface area contributed by atoms with Crippen molar-refractivity contribution in [2.24, 2.45) is 5.73 Å². The lowest BCUT2D eigenvalue weighted by atomic mass is 10.2. The maximum atomic E-state index is 11.2. The molecular formula is C13H16N6OS. The molecule has 0 unspecified atom stereocenters. The molecule has 1 aliphatic rings. The van der Waals surface area contributed by atoms with Crippen LogP contribution in [0, 0.1) is 0 Å². The summed E-state index contributed by atoms with van der Waals surface area (Å²) < 4.78 is 2.11. The first-order valence-corrected chi connectivity index (χ1v) is 7.63. The average molecular weight is 304 g/mol. The number of carbonyl (C=O) groups excluding carboxylic acids is 1. The molecule has 4 N–H and O–H groups in total. The number of nitrogen functional groups attached to an aromatic ring is 1. The summed E-state index contributed by atoms with van der Waals surface area (Å²) in [4.78, 5) is 15.4. The third-order valence-electron chi connectivity index (χ3n) is 3.41. The van der Waals surface area contributed by atoms with E-state index in [-0.39, 0.29) is 5.69 Å². The summed E-state index contributed by atoms with van der Waals surface area (Å²) in [5.74, 6) is 0.427. The number of aromatic nitrogens is 4. The van der Waals surface area contributed by atoms with Crippen LogP contribution in [-0.4, -0.2) is 25.7 Å². The molecule has 1 amide bonds. The van der Waals surface area contributed by atoms with Crippen molar-refractivity contribution in [3.05, 3.63) is 23.7 Å². The first-order valence-electron chi connectivity index (χ1n) is 6.81. The molecule has 7 nitrogen and oxygen atoms in total. The lowest BCUT2D eigenvalue weighted by Gasteiger charge is -2.08. The van der Waals surface area contributed by atoms with Crippen LogP contribution >= 0.6 is 11.8 Å². The molecule has 0 saturated heterocycles. The molecule has 1 aliphatic heterocycles. The van der Waals surface area contributed by atoms with E-state index < -0.39 is 5.91 Å². The first kappa shape index (κ1) is 13.9. The van der Waals surface area contributed by atoms with E-state index in [9.17, 15) is 4.79 Å². The van der Waals surface area contributed by atoms with E-state index in [0.717, 1.165) is 36.8 Å². The summed E-state index contributed by atoms with van der Waals surface area (Å²) in [5, 5.41) is 9.74. The highest BCUT2D eigenvalue weighted by Gasteiger charge is 2.17. The molecule has 3 heterocycles. The number of anilines is 1. The van der Waals surface area contributed by atoms with Crippen molar-refractivity contribution < 1.29 is 4.79 Å². The molecule has 21 heavy (non-hydrogen) atoms. The standard InChI is InChI=1S/C13H16N6OS/c14-8-5-6-9(11(15)20)16-12(8)21-13-18-17-10-4-2-1-3-7-19(10)13/h5-6H,1-4,7,14H2,(H2,15,20). The number of pyridine rings is 1. The average Bonchev–Trinajstić information content (AvgIpc) is 2.70. The van der Waals surface area contributed by atoms with Crippen LogP contribution in [0.3, 0.4) is 0 Å². The monoisotopic (exact) mass is 304 g/mol. The highest BCUT2D eigenvalue weighted by Crippen LogP contribution is 2.31. The number of nitrogens with zero attached hydrogens (tertiary/aromatic N) is 4. The van der Waals surface area contributed by atoms with Crippen LogP contribution in [-0.2, 0) is 13.0 Å². The van der Waals surface area contributed by atoms with Crippen LogP contribution in [0.2, 0.25) is 0 Å². The molecule has 0 saturated carbocycles. The van der Waals surface area contributed by atoms with Crippen molar-refractivity contribution in [2.45, 2.75) is 42.4 Å². The summed E-state index contributed by atoms with van der Waals surface area (Å²) in [5.41, 5.74) is 11.9. The molecule has 0 aromatic carbocycles. The summed E-state index contributed by atoms with van der Waals surface area (Å²) in [6.07, 6.45) is 4.39. The molecule has 0 radical (unpaired) electrons. The molecule has 110 valence electrons. The maximum Gasteiger partial charge on any atom is 0.267 e. The minimum Gasteiger partial charge on any atom is -0.397 e. The Kier molecular flexibility index (Phi) is 3.78. The fraction of sp³-hybridized carbons (Fsp3) is 0.385. The minimum absolute atomic E-state index is 0.197. The minimum atomic E-state index is -0.572. The SMILES string of the molecule is NC(=O)c1ccc(N)c(Sc2nnc3n2CCCCC3)n1. The largest absolute Gasteiger partial charge is 0.397 e. The van der Waals surface area contributed by atoms with Gasteiger partial charge in [-0.2, -0.15) is 0 Å². The second-order valence-corrected chi connectivity index (χ2v) is 5.87. The van der Waals surface area contributed by atoms with Crippen molar-refractivity contribution in [2.75, 3.05) is 5.73 Å². The predicted octanol–water partition coefficient (Wildman–Crippen LogP) is 1.23. The lowest BCUT2D eigenvalue weighted by Crippen LogP contribution is -2.13. The van der Waals surface area contributed by atoms with Gasteiger partial charge in [-0.3, -0.25) is 4.79 Å². The van der Waals surface area contributed by atoms with Crippen molar-refractivity contribution in [1.29, 1.82) is 0 Å². The fourth-order valence-corrected chi connectivity index (χ4v) is 3.18. The van der Waals surface area contributed by atoms with Crippen molar-refractivity contribution in [3.63, 3.8) is 0 Å². The summed E-state index contributed by atoms with van der Waals surface area (Å²) >= 11 is 1.32. The Morgan fingerprint density at radius 1 is 1.24 bits per heavy atom. The van der Waals surface area contributed by atoms with Crippen LogP contribution in [0.25, 0.3) is 0 Å². The molecule has 0 spiro atoms. The number of amides is 1. The normalized spacial score (nSPS) is 14.5. The summed E-state index contributed by atoms with van der Waals surface area (Å²) in [7, 11) is 0. The number of carbonyl (C=O) groups is 1. The zero-order chi connectivity index (χ0) is 14.8. The topological polar surface area (TPSA) is 113 Å². The summed E-state index contributed by atoms with van der Waals surface area (Å²) in [6, 6.07) is 3.15. The van der Waals surface area contributed by atoms with Gasteiger partial charge in [0.15, 0.2) is 5.16 Å². The van der Waals surface area contributed by atoms with Crippen LogP contribution in [0.4, 0.5) is 5.69 Å². The van der Waals surface area contributed by atoms with Gasteiger partial charge >= 0.3 is 0 Å². The molecule has 0 fully saturated rings. The zero-order valence-corrected chi connectivity index (χ0v) is 12.3. The van der Waals surface area contributed by atoms with E-state index in [1.807, 2.05) is 0 Å². The molecule has 0 atom stereocenters. The van der Waals surface area contributed by atoms with Crippen LogP contribution < -0.4 is 11.5 Å². The Hall–Kier alpha value is -2.09. The number of primary amides is 1. The third kappa shape index (κ3) is 2.85. The van der Waals surface area contributed by atoms with Crippen LogP contribution in [0.5, 0.6) is 0 Å².